The molecule has 0 unspecified atom stereocenters. The van der Waals surface area contributed by atoms with Crippen LogP contribution in [0.5, 0.6) is 0 Å². The predicted octanol–water partition coefficient (Wildman–Crippen LogP) is 3.60. The molecule has 1 aromatic carbocycles. The molecule has 0 aliphatic rings. The molecule has 2 rings (SSSR count). The van der Waals surface area contributed by atoms with Gasteiger partial charge in [0.25, 0.3) is 0 Å². The van der Waals surface area contributed by atoms with Crippen molar-refractivity contribution in [3.05, 3.63) is 56.7 Å². The number of carbonyl (C=O) groups is 1. The van der Waals surface area contributed by atoms with E-state index in [1.807, 2.05) is 0 Å². The van der Waals surface area contributed by atoms with Gasteiger partial charge in [-0.05, 0) is 34.2 Å². The summed E-state index contributed by atoms with van der Waals surface area (Å²) in [5.74, 6) is -1.28. The van der Waals surface area contributed by atoms with Crippen LogP contribution in [0, 0.1) is 10.1 Å². The summed E-state index contributed by atoms with van der Waals surface area (Å²) in [6, 6.07) is 7.62. The maximum Gasteiger partial charge on any atom is 0.363 e. The van der Waals surface area contributed by atoms with Gasteiger partial charge in [-0.15, -0.1) is 0 Å². The number of halogens is 1. The molecule has 1 N–H and O–H groups in total. The van der Waals surface area contributed by atoms with E-state index in [0.717, 1.165) is 4.47 Å². The molecular weight excluding hydrogens is 348 g/mol. The van der Waals surface area contributed by atoms with Crippen LogP contribution in [0.2, 0.25) is 0 Å². The summed E-state index contributed by atoms with van der Waals surface area (Å²) in [4.78, 5) is 25.9. The minimum absolute atomic E-state index is 0.163. The van der Waals surface area contributed by atoms with Gasteiger partial charge in [0, 0.05) is 15.4 Å². The zero-order valence-corrected chi connectivity index (χ0v) is 12.2. The predicted molar refractivity (Wildman–Crippen MR) is 76.1 cm³/mol. The standard InChI is InChI=1S/C12H7BrN2O4S/c13-7-1-3-9(12(16)17)10(5-7)20-8-2-4-11(14-6-8)15(18)19/h1-6H,(H,16,17). The van der Waals surface area contributed by atoms with Crippen molar-refractivity contribution in [1.82, 2.24) is 4.98 Å². The Hall–Kier alpha value is -1.93. The van der Waals surface area contributed by atoms with E-state index in [2.05, 4.69) is 20.9 Å². The first-order chi connectivity index (χ1) is 9.47. The lowest BCUT2D eigenvalue weighted by atomic mass is 10.2. The van der Waals surface area contributed by atoms with E-state index < -0.39 is 10.9 Å². The van der Waals surface area contributed by atoms with Crippen molar-refractivity contribution in [3.8, 4) is 0 Å². The van der Waals surface area contributed by atoms with Crippen LogP contribution in [0.4, 0.5) is 5.82 Å². The first kappa shape index (κ1) is 14.5. The topological polar surface area (TPSA) is 93.3 Å². The molecule has 2 aromatic rings. The Morgan fingerprint density at radius 3 is 2.65 bits per heavy atom. The zero-order chi connectivity index (χ0) is 14.7. The summed E-state index contributed by atoms with van der Waals surface area (Å²) < 4.78 is 0.750. The monoisotopic (exact) mass is 354 g/mol. The van der Waals surface area contributed by atoms with E-state index >= 15 is 0 Å². The third-order valence-electron chi connectivity index (χ3n) is 2.31. The van der Waals surface area contributed by atoms with Gasteiger partial charge in [0.05, 0.1) is 10.5 Å². The molecule has 0 aliphatic heterocycles. The fourth-order valence-electron chi connectivity index (χ4n) is 1.43. The van der Waals surface area contributed by atoms with Gasteiger partial charge in [0.1, 0.15) is 0 Å². The van der Waals surface area contributed by atoms with Crippen molar-refractivity contribution >= 4 is 39.5 Å². The van der Waals surface area contributed by atoms with Crippen molar-refractivity contribution in [2.75, 3.05) is 0 Å². The second-order valence-electron chi connectivity index (χ2n) is 3.66. The number of carboxylic acids is 1. The number of benzene rings is 1. The molecule has 102 valence electrons. The number of nitrogens with zero attached hydrogens (tertiary/aromatic N) is 2. The lowest BCUT2D eigenvalue weighted by Gasteiger charge is -2.05. The van der Waals surface area contributed by atoms with E-state index in [-0.39, 0.29) is 11.4 Å². The average molecular weight is 355 g/mol. The number of carboxylic acid groups (broad SMARTS) is 1. The summed E-state index contributed by atoms with van der Waals surface area (Å²) in [6.45, 7) is 0. The van der Waals surface area contributed by atoms with Crippen LogP contribution in [-0.2, 0) is 0 Å². The number of hydrogen-bond acceptors (Lipinski definition) is 5. The molecule has 0 saturated heterocycles. The Morgan fingerprint density at radius 1 is 1.35 bits per heavy atom. The number of pyridine rings is 1. The third kappa shape index (κ3) is 3.34. The Morgan fingerprint density at radius 2 is 2.10 bits per heavy atom. The molecule has 6 nitrogen and oxygen atoms in total. The summed E-state index contributed by atoms with van der Waals surface area (Å²) >= 11 is 4.46. The van der Waals surface area contributed by atoms with Crippen LogP contribution in [0.1, 0.15) is 10.4 Å². The van der Waals surface area contributed by atoms with E-state index in [9.17, 15) is 14.9 Å². The molecule has 0 fully saturated rings. The molecule has 1 heterocycles. The van der Waals surface area contributed by atoms with Crippen molar-refractivity contribution in [2.24, 2.45) is 0 Å². The molecule has 0 radical (unpaired) electrons. The molecule has 8 heteroatoms. The first-order valence-corrected chi connectivity index (χ1v) is 6.89. The van der Waals surface area contributed by atoms with Gasteiger partial charge in [0.2, 0.25) is 0 Å². The summed E-state index contributed by atoms with van der Waals surface area (Å²) in [5.41, 5.74) is 0.163. The number of aromatic nitrogens is 1. The normalized spacial score (nSPS) is 10.2. The highest BCUT2D eigenvalue weighted by Crippen LogP contribution is 2.32. The van der Waals surface area contributed by atoms with Gasteiger partial charge in [0.15, 0.2) is 6.20 Å². The quantitative estimate of drug-likeness (QED) is 0.665. The summed E-state index contributed by atoms with van der Waals surface area (Å²) in [7, 11) is 0. The Bertz CT molecular complexity index is 676. The SMILES string of the molecule is O=C(O)c1ccc(Br)cc1Sc1ccc([N+](=O)[O-])nc1. The Balaban J connectivity index is 2.31. The second kappa shape index (κ2) is 6.02. The summed E-state index contributed by atoms with van der Waals surface area (Å²) in [5, 5.41) is 19.6. The highest BCUT2D eigenvalue weighted by Gasteiger charge is 2.13. The molecular formula is C12H7BrN2O4S. The lowest BCUT2D eigenvalue weighted by Crippen LogP contribution is -1.98. The van der Waals surface area contributed by atoms with Crippen LogP contribution < -0.4 is 0 Å². The van der Waals surface area contributed by atoms with Crippen molar-refractivity contribution in [2.45, 2.75) is 9.79 Å². The minimum Gasteiger partial charge on any atom is -0.478 e. The van der Waals surface area contributed by atoms with Crippen LogP contribution in [0.3, 0.4) is 0 Å². The molecule has 0 bridgehead atoms. The van der Waals surface area contributed by atoms with E-state index in [1.54, 1.807) is 12.1 Å². The molecule has 20 heavy (non-hydrogen) atoms. The molecule has 0 spiro atoms. The molecule has 1 aromatic heterocycles. The fraction of sp³-hybridized carbons (Fsp3) is 0. The van der Waals surface area contributed by atoms with Crippen molar-refractivity contribution < 1.29 is 14.8 Å². The average Bonchev–Trinajstić information content (AvgIpc) is 2.39. The smallest absolute Gasteiger partial charge is 0.363 e. The van der Waals surface area contributed by atoms with Gasteiger partial charge in [-0.1, -0.05) is 27.7 Å². The highest BCUT2D eigenvalue weighted by atomic mass is 79.9. The van der Waals surface area contributed by atoms with Crippen molar-refractivity contribution in [1.29, 1.82) is 0 Å². The van der Waals surface area contributed by atoms with Crippen LogP contribution in [0.25, 0.3) is 0 Å². The molecule has 0 saturated carbocycles. The maximum absolute atomic E-state index is 11.1. The maximum atomic E-state index is 11.1. The molecule has 0 amide bonds. The number of aromatic carboxylic acids is 1. The lowest BCUT2D eigenvalue weighted by molar-refractivity contribution is -0.389. The second-order valence-corrected chi connectivity index (χ2v) is 5.69. The van der Waals surface area contributed by atoms with Gasteiger partial charge < -0.3 is 15.2 Å². The zero-order valence-electron chi connectivity index (χ0n) is 9.82. The molecule has 0 atom stereocenters. The molecule has 0 aliphatic carbocycles. The van der Waals surface area contributed by atoms with Crippen LogP contribution in [-0.4, -0.2) is 21.0 Å². The van der Waals surface area contributed by atoms with E-state index in [4.69, 9.17) is 5.11 Å². The highest BCUT2D eigenvalue weighted by molar-refractivity contribution is 9.10. The number of rotatable bonds is 4. The largest absolute Gasteiger partial charge is 0.478 e. The number of hydrogen-bond donors (Lipinski definition) is 1. The van der Waals surface area contributed by atoms with E-state index in [1.165, 1.54) is 36.2 Å². The fourth-order valence-corrected chi connectivity index (χ4v) is 2.88. The van der Waals surface area contributed by atoms with Crippen LogP contribution in [0.15, 0.2) is 50.8 Å². The van der Waals surface area contributed by atoms with Gasteiger partial charge in [-0.25, -0.2) is 4.79 Å². The van der Waals surface area contributed by atoms with Crippen LogP contribution >= 0.6 is 27.7 Å². The Kier molecular flexibility index (Phi) is 4.35. The van der Waals surface area contributed by atoms with E-state index in [0.29, 0.717) is 9.79 Å². The van der Waals surface area contributed by atoms with Gasteiger partial charge in [-0.3, -0.25) is 0 Å². The van der Waals surface area contributed by atoms with Gasteiger partial charge >= 0.3 is 11.8 Å². The van der Waals surface area contributed by atoms with Crippen molar-refractivity contribution in [3.63, 3.8) is 0 Å². The first-order valence-electron chi connectivity index (χ1n) is 5.28. The Labute approximate surface area is 126 Å². The summed E-state index contributed by atoms with van der Waals surface area (Å²) in [6.07, 6.45) is 1.34. The van der Waals surface area contributed by atoms with Gasteiger partial charge in [-0.2, -0.15) is 0 Å². The third-order valence-corrected chi connectivity index (χ3v) is 3.84. The minimum atomic E-state index is -1.03. The number of nitro groups is 1.